The lowest BCUT2D eigenvalue weighted by molar-refractivity contribution is -0.384. The topological polar surface area (TPSA) is 90.7 Å². The van der Waals surface area contributed by atoms with E-state index in [1.807, 2.05) is 32.0 Å². The number of nitro groups is 1. The molecule has 132 valence electrons. The van der Waals surface area contributed by atoms with Crippen LogP contribution >= 0.6 is 0 Å². The van der Waals surface area contributed by atoms with Gasteiger partial charge in [-0.2, -0.15) is 0 Å². The fourth-order valence-corrected chi connectivity index (χ4v) is 2.30. The van der Waals surface area contributed by atoms with Gasteiger partial charge in [0, 0.05) is 12.1 Å². The summed E-state index contributed by atoms with van der Waals surface area (Å²) in [5, 5.41) is 13.6. The molecule has 2 rings (SSSR count). The number of carbonyl (C=O) groups excluding carboxylic acids is 1. The Morgan fingerprint density at radius 1 is 1.28 bits per heavy atom. The first-order valence-corrected chi connectivity index (χ1v) is 7.81. The molecule has 0 bridgehead atoms. The Morgan fingerprint density at radius 2 is 2.04 bits per heavy atom. The summed E-state index contributed by atoms with van der Waals surface area (Å²) in [7, 11) is 1.43. The molecule has 7 heteroatoms. The number of nitrogens with zero attached hydrogens (tertiary/aromatic N) is 1. The van der Waals surface area contributed by atoms with Crippen molar-refractivity contribution in [1.29, 1.82) is 0 Å². The van der Waals surface area contributed by atoms with Gasteiger partial charge in [-0.1, -0.05) is 19.1 Å². The molecule has 1 N–H and O–H groups in total. The minimum absolute atomic E-state index is 0.135. The number of methoxy groups -OCH3 is 1. The zero-order valence-corrected chi connectivity index (χ0v) is 14.3. The van der Waals surface area contributed by atoms with Crippen LogP contribution in [0, 0.1) is 17.0 Å². The van der Waals surface area contributed by atoms with Crippen LogP contribution in [-0.4, -0.2) is 24.0 Å². The molecule has 2 aromatic rings. The second kappa shape index (κ2) is 8.14. The van der Waals surface area contributed by atoms with Gasteiger partial charge in [0.15, 0.2) is 6.10 Å². The highest BCUT2D eigenvalue weighted by Crippen LogP contribution is 2.29. The maximum absolute atomic E-state index is 12.5. The minimum Gasteiger partial charge on any atom is -0.495 e. The van der Waals surface area contributed by atoms with Crippen molar-refractivity contribution in [1.82, 2.24) is 0 Å². The van der Waals surface area contributed by atoms with Crippen molar-refractivity contribution >= 4 is 17.3 Å². The van der Waals surface area contributed by atoms with Gasteiger partial charge in [-0.05, 0) is 37.1 Å². The fraction of sp³-hybridized carbons (Fsp3) is 0.278. The zero-order valence-electron chi connectivity index (χ0n) is 14.3. The van der Waals surface area contributed by atoms with Crippen LogP contribution in [0.2, 0.25) is 0 Å². The summed E-state index contributed by atoms with van der Waals surface area (Å²) in [6, 6.07) is 11.4. The molecule has 0 aliphatic heterocycles. The molecule has 0 saturated carbocycles. The highest BCUT2D eigenvalue weighted by atomic mass is 16.6. The number of ether oxygens (including phenoxy) is 2. The van der Waals surface area contributed by atoms with Crippen LogP contribution < -0.4 is 14.8 Å². The Hall–Kier alpha value is -3.09. The molecule has 0 aromatic heterocycles. The molecular weight excluding hydrogens is 324 g/mol. The molecule has 0 unspecified atom stereocenters. The Balaban J connectivity index is 2.18. The Kier molecular flexibility index (Phi) is 5.94. The first-order chi connectivity index (χ1) is 11.9. The number of nitrogens with one attached hydrogen (secondary N) is 1. The molecule has 25 heavy (non-hydrogen) atoms. The van der Waals surface area contributed by atoms with Gasteiger partial charge in [-0.25, -0.2) is 0 Å². The summed E-state index contributed by atoms with van der Waals surface area (Å²) in [5.74, 6) is 0.528. The van der Waals surface area contributed by atoms with Crippen molar-refractivity contribution in [3.05, 3.63) is 58.1 Å². The Labute approximate surface area is 145 Å². The molecule has 0 fully saturated rings. The third-order valence-electron chi connectivity index (χ3n) is 3.58. The highest BCUT2D eigenvalue weighted by Gasteiger charge is 2.21. The number of hydrogen-bond donors (Lipinski definition) is 1. The van der Waals surface area contributed by atoms with Gasteiger partial charge >= 0.3 is 0 Å². The lowest BCUT2D eigenvalue weighted by Crippen LogP contribution is -2.32. The molecule has 1 atom stereocenters. The van der Waals surface area contributed by atoms with Gasteiger partial charge in [-0.3, -0.25) is 14.9 Å². The molecule has 2 aromatic carbocycles. The number of benzene rings is 2. The van der Waals surface area contributed by atoms with Gasteiger partial charge in [0.05, 0.1) is 17.7 Å². The first-order valence-electron chi connectivity index (χ1n) is 7.81. The van der Waals surface area contributed by atoms with Crippen LogP contribution in [0.3, 0.4) is 0 Å². The van der Waals surface area contributed by atoms with E-state index in [4.69, 9.17) is 9.47 Å². The van der Waals surface area contributed by atoms with Crippen LogP contribution in [0.4, 0.5) is 11.4 Å². The van der Waals surface area contributed by atoms with E-state index in [0.29, 0.717) is 17.9 Å². The van der Waals surface area contributed by atoms with Crippen molar-refractivity contribution in [2.75, 3.05) is 12.4 Å². The van der Waals surface area contributed by atoms with E-state index < -0.39 is 16.9 Å². The van der Waals surface area contributed by atoms with E-state index in [2.05, 4.69) is 5.32 Å². The van der Waals surface area contributed by atoms with Crippen molar-refractivity contribution in [2.45, 2.75) is 26.4 Å². The number of hydrogen-bond acceptors (Lipinski definition) is 5. The summed E-state index contributed by atoms with van der Waals surface area (Å²) in [6.07, 6.45) is -0.289. The lowest BCUT2D eigenvalue weighted by Gasteiger charge is -2.18. The van der Waals surface area contributed by atoms with E-state index >= 15 is 0 Å². The summed E-state index contributed by atoms with van der Waals surface area (Å²) >= 11 is 0. The molecule has 0 aliphatic rings. The average Bonchev–Trinajstić information content (AvgIpc) is 2.59. The smallest absolute Gasteiger partial charge is 0.271 e. The maximum atomic E-state index is 12.5. The number of amides is 1. The van der Waals surface area contributed by atoms with Crippen molar-refractivity contribution in [3.8, 4) is 11.5 Å². The van der Waals surface area contributed by atoms with Gasteiger partial charge in [0.25, 0.3) is 11.6 Å². The molecule has 0 heterocycles. The standard InChI is InChI=1S/C18H20N2O5/c1-4-16(25-14-7-5-6-12(2)10-14)18(21)19-15-11-13(20(22)23)8-9-17(15)24-3/h5-11,16H,4H2,1-3H3,(H,19,21)/t16-/m1/s1. The fourth-order valence-electron chi connectivity index (χ4n) is 2.30. The first kappa shape index (κ1) is 18.3. The second-order valence-corrected chi connectivity index (χ2v) is 5.46. The third-order valence-corrected chi connectivity index (χ3v) is 3.58. The van der Waals surface area contributed by atoms with Gasteiger partial charge in [-0.15, -0.1) is 0 Å². The molecule has 0 spiro atoms. The number of carbonyl (C=O) groups is 1. The number of anilines is 1. The van der Waals surface area contributed by atoms with Crippen LogP contribution in [-0.2, 0) is 4.79 Å². The van der Waals surface area contributed by atoms with E-state index in [1.165, 1.54) is 25.3 Å². The molecule has 0 saturated heterocycles. The number of non-ortho nitro benzene ring substituents is 1. The Morgan fingerprint density at radius 3 is 2.64 bits per heavy atom. The van der Waals surface area contributed by atoms with Crippen LogP contribution in [0.1, 0.15) is 18.9 Å². The lowest BCUT2D eigenvalue weighted by atomic mass is 10.2. The van der Waals surface area contributed by atoms with Crippen molar-refractivity contribution in [3.63, 3.8) is 0 Å². The molecule has 1 amide bonds. The SMILES string of the molecule is CC[C@@H](Oc1cccc(C)c1)C(=O)Nc1cc([N+](=O)[O-])ccc1OC. The van der Waals surface area contributed by atoms with E-state index in [-0.39, 0.29) is 11.4 Å². The minimum atomic E-state index is -0.731. The molecular formula is C18H20N2O5. The molecule has 0 radical (unpaired) electrons. The second-order valence-electron chi connectivity index (χ2n) is 5.46. The van der Waals surface area contributed by atoms with Crippen LogP contribution in [0.5, 0.6) is 11.5 Å². The molecule has 7 nitrogen and oxygen atoms in total. The third kappa shape index (κ3) is 4.69. The highest BCUT2D eigenvalue weighted by molar-refractivity contribution is 5.96. The summed E-state index contributed by atoms with van der Waals surface area (Å²) in [4.78, 5) is 22.9. The van der Waals surface area contributed by atoms with Crippen molar-refractivity contribution in [2.24, 2.45) is 0 Å². The van der Waals surface area contributed by atoms with Crippen LogP contribution in [0.25, 0.3) is 0 Å². The number of nitro benzene ring substituents is 1. The molecule has 0 aliphatic carbocycles. The summed E-state index contributed by atoms with van der Waals surface area (Å²) < 4.78 is 10.9. The van der Waals surface area contributed by atoms with E-state index in [9.17, 15) is 14.9 Å². The average molecular weight is 344 g/mol. The van der Waals surface area contributed by atoms with E-state index in [0.717, 1.165) is 5.56 Å². The van der Waals surface area contributed by atoms with Gasteiger partial charge in [0.2, 0.25) is 0 Å². The predicted octanol–water partition coefficient (Wildman–Crippen LogP) is 3.71. The number of aryl methyl sites for hydroxylation is 1. The van der Waals surface area contributed by atoms with Crippen LogP contribution in [0.15, 0.2) is 42.5 Å². The van der Waals surface area contributed by atoms with Gasteiger partial charge < -0.3 is 14.8 Å². The normalized spacial score (nSPS) is 11.5. The summed E-state index contributed by atoms with van der Waals surface area (Å²) in [5.41, 5.74) is 1.12. The maximum Gasteiger partial charge on any atom is 0.271 e. The van der Waals surface area contributed by atoms with Crippen molar-refractivity contribution < 1.29 is 19.2 Å². The zero-order chi connectivity index (χ0) is 18.4. The largest absolute Gasteiger partial charge is 0.495 e. The predicted molar refractivity (Wildman–Crippen MR) is 94.2 cm³/mol. The van der Waals surface area contributed by atoms with E-state index in [1.54, 1.807) is 6.07 Å². The van der Waals surface area contributed by atoms with Gasteiger partial charge in [0.1, 0.15) is 11.5 Å². The summed E-state index contributed by atoms with van der Waals surface area (Å²) in [6.45, 7) is 3.76. The quantitative estimate of drug-likeness (QED) is 0.611. The monoisotopic (exact) mass is 344 g/mol. The number of rotatable bonds is 7. The Bertz CT molecular complexity index is 776.